The highest BCUT2D eigenvalue weighted by molar-refractivity contribution is 5.80. The van der Waals surface area contributed by atoms with E-state index in [4.69, 9.17) is 4.74 Å². The molecule has 1 aliphatic rings. The molecule has 4 rings (SSSR count). The van der Waals surface area contributed by atoms with Crippen molar-refractivity contribution in [3.8, 4) is 0 Å². The van der Waals surface area contributed by atoms with Gasteiger partial charge in [0.1, 0.15) is 5.82 Å². The van der Waals surface area contributed by atoms with E-state index < -0.39 is 0 Å². The van der Waals surface area contributed by atoms with Gasteiger partial charge in [-0.1, -0.05) is 18.2 Å². The number of benzene rings is 1. The molecule has 1 fully saturated rings. The van der Waals surface area contributed by atoms with Crippen molar-refractivity contribution in [2.24, 2.45) is 5.92 Å². The summed E-state index contributed by atoms with van der Waals surface area (Å²) < 4.78 is 19.7. The van der Waals surface area contributed by atoms with E-state index in [-0.39, 0.29) is 23.2 Å². The van der Waals surface area contributed by atoms with Crippen molar-refractivity contribution in [2.75, 3.05) is 31.7 Å². The summed E-state index contributed by atoms with van der Waals surface area (Å²) in [5.74, 6) is -0.497. The van der Waals surface area contributed by atoms with Gasteiger partial charge in [-0.2, -0.15) is 5.10 Å². The third-order valence-corrected chi connectivity index (χ3v) is 5.96. The summed E-state index contributed by atoms with van der Waals surface area (Å²) >= 11 is 0. The molecule has 9 heteroatoms. The lowest BCUT2D eigenvalue weighted by Crippen LogP contribution is -2.37. The molecule has 1 unspecified atom stereocenters. The zero-order valence-electron chi connectivity index (χ0n) is 19.1. The fourth-order valence-electron chi connectivity index (χ4n) is 4.13. The molecule has 1 saturated heterocycles. The Kier molecular flexibility index (Phi) is 7.64. The Morgan fingerprint density at radius 2 is 1.97 bits per heavy atom. The Morgan fingerprint density at radius 1 is 1.18 bits per heavy atom. The monoisotopic (exact) mass is 465 g/mol. The summed E-state index contributed by atoms with van der Waals surface area (Å²) in [6.45, 7) is 2.77. The van der Waals surface area contributed by atoms with Crippen LogP contribution in [0.25, 0.3) is 0 Å². The molecule has 1 atom stereocenters. The number of methoxy groups -OCH3 is 1. The molecule has 1 aliphatic heterocycles. The predicted molar refractivity (Wildman–Crippen MR) is 126 cm³/mol. The SMILES string of the molecule is COCCn1ncc(N2CCC(C(=O)N(Cc3ccc(F)cc3)Cc3cccnc3)C2)cc1=O. The summed E-state index contributed by atoms with van der Waals surface area (Å²) in [5, 5.41) is 4.23. The molecule has 3 heterocycles. The Balaban J connectivity index is 1.47. The molecule has 0 spiro atoms. The minimum atomic E-state index is -0.307. The molecule has 3 aromatic rings. The van der Waals surface area contributed by atoms with Crippen molar-refractivity contribution in [1.82, 2.24) is 19.7 Å². The van der Waals surface area contributed by atoms with Crippen LogP contribution in [0.3, 0.4) is 0 Å². The van der Waals surface area contributed by atoms with Crippen molar-refractivity contribution >= 4 is 11.6 Å². The second kappa shape index (κ2) is 11.0. The van der Waals surface area contributed by atoms with Gasteiger partial charge in [-0.3, -0.25) is 14.6 Å². The van der Waals surface area contributed by atoms with Crippen LogP contribution in [0, 0.1) is 11.7 Å². The fraction of sp³-hybridized carbons (Fsp3) is 0.360. The van der Waals surface area contributed by atoms with Gasteiger partial charge in [0.05, 0.1) is 31.0 Å². The quantitative estimate of drug-likeness (QED) is 0.483. The van der Waals surface area contributed by atoms with Crippen LogP contribution in [0.15, 0.2) is 65.8 Å². The van der Waals surface area contributed by atoms with Crippen LogP contribution >= 0.6 is 0 Å². The summed E-state index contributed by atoms with van der Waals surface area (Å²) in [6.07, 6.45) is 5.78. The highest BCUT2D eigenvalue weighted by Crippen LogP contribution is 2.25. The Bertz CT molecular complexity index is 1150. The number of carbonyl (C=O) groups is 1. The lowest BCUT2D eigenvalue weighted by Gasteiger charge is -2.26. The fourth-order valence-corrected chi connectivity index (χ4v) is 4.13. The van der Waals surface area contributed by atoms with Gasteiger partial charge in [0.15, 0.2) is 0 Å². The molecule has 0 saturated carbocycles. The number of hydrogen-bond acceptors (Lipinski definition) is 6. The number of aromatic nitrogens is 3. The lowest BCUT2D eigenvalue weighted by atomic mass is 10.1. The minimum absolute atomic E-state index is 0.0251. The maximum atomic E-state index is 13.5. The van der Waals surface area contributed by atoms with E-state index in [9.17, 15) is 14.0 Å². The molecule has 0 radical (unpaired) electrons. The second-order valence-electron chi connectivity index (χ2n) is 8.38. The molecular weight excluding hydrogens is 437 g/mol. The summed E-state index contributed by atoms with van der Waals surface area (Å²) in [7, 11) is 1.58. The van der Waals surface area contributed by atoms with Crippen LogP contribution in [0.4, 0.5) is 10.1 Å². The number of amides is 1. The van der Waals surface area contributed by atoms with Gasteiger partial charge in [-0.05, 0) is 35.7 Å². The first-order valence-corrected chi connectivity index (χ1v) is 11.3. The number of carbonyl (C=O) groups excluding carboxylic acids is 1. The Labute approximate surface area is 197 Å². The standard InChI is InChI=1S/C25H28FN5O3/c1-34-12-11-31-24(32)13-23(15-28-31)29-10-8-21(18-29)25(33)30(17-20-3-2-9-27-14-20)16-19-4-6-22(26)7-5-19/h2-7,9,13-15,21H,8,10-12,16-18H2,1H3. The number of pyridine rings is 1. The minimum Gasteiger partial charge on any atom is -0.383 e. The summed E-state index contributed by atoms with van der Waals surface area (Å²) in [4.78, 5) is 33.9. The van der Waals surface area contributed by atoms with Crippen LogP contribution < -0.4 is 10.5 Å². The number of nitrogens with zero attached hydrogens (tertiary/aromatic N) is 5. The molecule has 2 aromatic heterocycles. The van der Waals surface area contributed by atoms with E-state index in [1.807, 2.05) is 17.0 Å². The van der Waals surface area contributed by atoms with Gasteiger partial charge in [0.25, 0.3) is 5.56 Å². The van der Waals surface area contributed by atoms with Gasteiger partial charge >= 0.3 is 0 Å². The first-order valence-electron chi connectivity index (χ1n) is 11.3. The second-order valence-corrected chi connectivity index (χ2v) is 8.38. The highest BCUT2D eigenvalue weighted by Gasteiger charge is 2.32. The smallest absolute Gasteiger partial charge is 0.268 e. The van der Waals surface area contributed by atoms with Gasteiger partial charge in [0.2, 0.25) is 5.91 Å². The zero-order valence-corrected chi connectivity index (χ0v) is 19.1. The number of anilines is 1. The summed E-state index contributed by atoms with van der Waals surface area (Å²) in [6, 6.07) is 11.5. The number of halogens is 1. The maximum absolute atomic E-state index is 13.5. The van der Waals surface area contributed by atoms with E-state index in [2.05, 4.69) is 10.1 Å². The molecule has 8 nitrogen and oxygen atoms in total. The maximum Gasteiger partial charge on any atom is 0.268 e. The van der Waals surface area contributed by atoms with E-state index in [0.717, 1.165) is 11.1 Å². The van der Waals surface area contributed by atoms with Crippen molar-refractivity contribution in [3.63, 3.8) is 0 Å². The molecule has 0 bridgehead atoms. The zero-order chi connectivity index (χ0) is 23.9. The van der Waals surface area contributed by atoms with E-state index in [0.29, 0.717) is 51.4 Å². The topological polar surface area (TPSA) is 80.6 Å². The van der Waals surface area contributed by atoms with Crippen LogP contribution in [-0.2, 0) is 29.2 Å². The molecule has 1 aromatic carbocycles. The first-order chi connectivity index (χ1) is 16.5. The van der Waals surface area contributed by atoms with Gasteiger partial charge in [-0.25, -0.2) is 9.07 Å². The van der Waals surface area contributed by atoms with Crippen molar-refractivity contribution in [2.45, 2.75) is 26.1 Å². The molecule has 0 N–H and O–H groups in total. The van der Waals surface area contributed by atoms with Gasteiger partial charge in [-0.15, -0.1) is 0 Å². The van der Waals surface area contributed by atoms with Crippen LogP contribution in [0.2, 0.25) is 0 Å². The normalized spacial score (nSPS) is 15.5. The van der Waals surface area contributed by atoms with Crippen molar-refractivity contribution in [3.05, 3.63) is 88.4 Å². The average Bonchev–Trinajstić information content (AvgIpc) is 3.35. The third-order valence-electron chi connectivity index (χ3n) is 5.96. The first kappa shape index (κ1) is 23.6. The Hall–Kier alpha value is -3.59. The molecule has 34 heavy (non-hydrogen) atoms. The van der Waals surface area contributed by atoms with E-state index in [1.165, 1.54) is 16.8 Å². The number of hydrogen-bond donors (Lipinski definition) is 0. The predicted octanol–water partition coefficient (Wildman–Crippen LogP) is 2.48. The molecule has 1 amide bonds. The third kappa shape index (κ3) is 5.85. The Morgan fingerprint density at radius 3 is 2.68 bits per heavy atom. The van der Waals surface area contributed by atoms with E-state index >= 15 is 0 Å². The average molecular weight is 466 g/mol. The van der Waals surface area contributed by atoms with Crippen molar-refractivity contribution in [1.29, 1.82) is 0 Å². The van der Waals surface area contributed by atoms with Gasteiger partial charge in [0, 0.05) is 51.7 Å². The van der Waals surface area contributed by atoms with Crippen molar-refractivity contribution < 1.29 is 13.9 Å². The molecule has 178 valence electrons. The summed E-state index contributed by atoms with van der Waals surface area (Å²) in [5.41, 5.74) is 2.30. The molecular formula is C25H28FN5O3. The van der Waals surface area contributed by atoms with Crippen LogP contribution in [-0.4, -0.2) is 52.4 Å². The highest BCUT2D eigenvalue weighted by atomic mass is 19.1. The van der Waals surface area contributed by atoms with Crippen LogP contribution in [0.5, 0.6) is 0 Å². The number of rotatable bonds is 9. The van der Waals surface area contributed by atoms with E-state index in [1.54, 1.807) is 48.8 Å². The lowest BCUT2D eigenvalue weighted by molar-refractivity contribution is -0.136. The van der Waals surface area contributed by atoms with Crippen LogP contribution in [0.1, 0.15) is 17.5 Å². The largest absolute Gasteiger partial charge is 0.383 e. The molecule has 0 aliphatic carbocycles. The van der Waals surface area contributed by atoms with Gasteiger partial charge < -0.3 is 14.5 Å². The number of ether oxygens (including phenoxy) is 1.